The molecule has 1 saturated heterocycles. The van der Waals surface area contributed by atoms with E-state index < -0.39 is 6.30 Å². The van der Waals surface area contributed by atoms with E-state index in [4.69, 9.17) is 0 Å². The fraction of sp³-hybridized carbons (Fsp3) is 0.875. The van der Waals surface area contributed by atoms with Crippen LogP contribution >= 0.6 is 0 Å². The van der Waals surface area contributed by atoms with Crippen LogP contribution < -0.4 is 0 Å². The standard InChI is InChI=1S/C8H12F3NO/c1-6(13)7-2-4-12(5-3-7)8(9,10)11/h7H,2-5H2,1H3. The van der Waals surface area contributed by atoms with Gasteiger partial charge in [-0.25, -0.2) is 4.90 Å². The number of Topliss-reactive ketones (excluding diaryl/α,β-unsaturated/α-hetero) is 1. The average molecular weight is 195 g/mol. The molecule has 1 rings (SSSR count). The van der Waals surface area contributed by atoms with Crippen LogP contribution in [0.25, 0.3) is 0 Å². The summed E-state index contributed by atoms with van der Waals surface area (Å²) in [5.41, 5.74) is 0. The SMILES string of the molecule is CC(=O)C1CCN(C(F)(F)F)CC1. The van der Waals surface area contributed by atoms with Gasteiger partial charge in [-0.2, -0.15) is 13.2 Å². The molecule has 76 valence electrons. The monoisotopic (exact) mass is 195 g/mol. The van der Waals surface area contributed by atoms with Crippen molar-refractivity contribution in [3.63, 3.8) is 0 Å². The van der Waals surface area contributed by atoms with Crippen molar-refractivity contribution < 1.29 is 18.0 Å². The Balaban J connectivity index is 2.44. The molecule has 1 aliphatic heterocycles. The van der Waals surface area contributed by atoms with E-state index in [0.29, 0.717) is 17.7 Å². The second kappa shape index (κ2) is 3.65. The molecule has 2 nitrogen and oxygen atoms in total. The zero-order valence-corrected chi connectivity index (χ0v) is 7.40. The summed E-state index contributed by atoms with van der Waals surface area (Å²) >= 11 is 0. The van der Waals surface area contributed by atoms with Crippen LogP contribution in [0.4, 0.5) is 13.2 Å². The van der Waals surface area contributed by atoms with Crippen molar-refractivity contribution in [2.45, 2.75) is 26.1 Å². The molecular weight excluding hydrogens is 183 g/mol. The minimum atomic E-state index is -4.23. The van der Waals surface area contributed by atoms with Crippen molar-refractivity contribution in [2.75, 3.05) is 13.1 Å². The summed E-state index contributed by atoms with van der Waals surface area (Å²) in [5, 5.41) is 0. The Hall–Kier alpha value is -0.580. The summed E-state index contributed by atoms with van der Waals surface area (Å²) in [4.78, 5) is 11.3. The number of carbonyl (C=O) groups excluding carboxylic acids is 1. The predicted molar refractivity (Wildman–Crippen MR) is 41.0 cm³/mol. The molecule has 1 heterocycles. The summed E-state index contributed by atoms with van der Waals surface area (Å²) in [6.45, 7) is 1.34. The zero-order valence-electron chi connectivity index (χ0n) is 7.40. The van der Waals surface area contributed by atoms with Crippen molar-refractivity contribution in [1.29, 1.82) is 0 Å². The van der Waals surface area contributed by atoms with Gasteiger partial charge in [0.25, 0.3) is 0 Å². The maximum absolute atomic E-state index is 12.1. The van der Waals surface area contributed by atoms with Crippen molar-refractivity contribution >= 4 is 5.78 Å². The lowest BCUT2D eigenvalue weighted by molar-refractivity contribution is -0.251. The van der Waals surface area contributed by atoms with E-state index in [1.807, 2.05) is 0 Å². The molecule has 0 aromatic rings. The Morgan fingerprint density at radius 1 is 1.31 bits per heavy atom. The molecule has 0 unspecified atom stereocenters. The summed E-state index contributed by atoms with van der Waals surface area (Å²) in [6, 6.07) is 0. The summed E-state index contributed by atoms with van der Waals surface area (Å²) < 4.78 is 36.3. The van der Waals surface area contributed by atoms with Crippen LogP contribution in [0.3, 0.4) is 0 Å². The van der Waals surface area contributed by atoms with Gasteiger partial charge < -0.3 is 0 Å². The molecule has 0 bridgehead atoms. The smallest absolute Gasteiger partial charge is 0.300 e. The van der Waals surface area contributed by atoms with Crippen molar-refractivity contribution in [2.24, 2.45) is 5.92 Å². The number of hydrogen-bond acceptors (Lipinski definition) is 2. The van der Waals surface area contributed by atoms with E-state index in [9.17, 15) is 18.0 Å². The summed E-state index contributed by atoms with van der Waals surface area (Å²) in [6.07, 6.45) is -3.58. The Morgan fingerprint density at radius 2 is 1.77 bits per heavy atom. The molecule has 1 fully saturated rings. The van der Waals surface area contributed by atoms with E-state index in [1.165, 1.54) is 6.92 Å². The van der Waals surface area contributed by atoms with Gasteiger partial charge in [-0.05, 0) is 19.8 Å². The van der Waals surface area contributed by atoms with E-state index in [1.54, 1.807) is 0 Å². The Morgan fingerprint density at radius 3 is 2.08 bits per heavy atom. The molecule has 0 spiro atoms. The quantitative estimate of drug-likeness (QED) is 0.595. The maximum atomic E-state index is 12.1. The maximum Gasteiger partial charge on any atom is 0.459 e. The third-order valence-corrected chi connectivity index (χ3v) is 2.43. The number of ketones is 1. The van der Waals surface area contributed by atoms with Crippen LogP contribution in [0.1, 0.15) is 19.8 Å². The molecule has 0 saturated carbocycles. The van der Waals surface area contributed by atoms with Crippen LogP contribution in [0, 0.1) is 5.92 Å². The normalized spacial score (nSPS) is 21.8. The van der Waals surface area contributed by atoms with E-state index in [0.717, 1.165) is 0 Å². The Labute approximate surface area is 74.7 Å². The first-order chi connectivity index (χ1) is 5.91. The summed E-state index contributed by atoms with van der Waals surface area (Å²) in [5.74, 6) is -0.166. The van der Waals surface area contributed by atoms with Gasteiger partial charge in [0.05, 0.1) is 0 Å². The van der Waals surface area contributed by atoms with Gasteiger partial charge >= 0.3 is 6.30 Å². The van der Waals surface area contributed by atoms with Gasteiger partial charge in [0, 0.05) is 19.0 Å². The zero-order chi connectivity index (χ0) is 10.1. The number of halogens is 3. The highest BCUT2D eigenvalue weighted by atomic mass is 19.4. The van der Waals surface area contributed by atoms with Gasteiger partial charge in [0.1, 0.15) is 5.78 Å². The van der Waals surface area contributed by atoms with Crippen LogP contribution in [0.15, 0.2) is 0 Å². The number of likely N-dealkylation sites (tertiary alicyclic amines) is 1. The fourth-order valence-corrected chi connectivity index (χ4v) is 1.54. The number of nitrogens with zero attached hydrogens (tertiary/aromatic N) is 1. The summed E-state index contributed by atoms with van der Waals surface area (Å²) in [7, 11) is 0. The third-order valence-electron chi connectivity index (χ3n) is 2.43. The van der Waals surface area contributed by atoms with Crippen LogP contribution in [0.5, 0.6) is 0 Å². The van der Waals surface area contributed by atoms with E-state index in [2.05, 4.69) is 0 Å². The number of alkyl halides is 3. The fourth-order valence-electron chi connectivity index (χ4n) is 1.54. The van der Waals surface area contributed by atoms with Gasteiger partial charge in [0.2, 0.25) is 0 Å². The highest BCUT2D eigenvalue weighted by Gasteiger charge is 2.39. The van der Waals surface area contributed by atoms with Crippen molar-refractivity contribution in [3.05, 3.63) is 0 Å². The van der Waals surface area contributed by atoms with Crippen LogP contribution in [0.2, 0.25) is 0 Å². The molecule has 0 amide bonds. The number of piperidine rings is 1. The Bertz CT molecular complexity index is 194. The minimum absolute atomic E-state index is 0.00169. The second-order valence-electron chi connectivity index (χ2n) is 3.34. The molecular formula is C8H12F3NO. The van der Waals surface area contributed by atoms with E-state index in [-0.39, 0.29) is 24.8 Å². The number of carbonyl (C=O) groups is 1. The van der Waals surface area contributed by atoms with Gasteiger partial charge in [-0.1, -0.05) is 0 Å². The highest BCUT2D eigenvalue weighted by molar-refractivity contribution is 5.78. The molecule has 0 aromatic carbocycles. The first-order valence-electron chi connectivity index (χ1n) is 4.23. The molecule has 0 atom stereocenters. The molecule has 5 heteroatoms. The van der Waals surface area contributed by atoms with Crippen LogP contribution in [-0.2, 0) is 4.79 Å². The average Bonchev–Trinajstić information content (AvgIpc) is 2.03. The van der Waals surface area contributed by atoms with Crippen LogP contribution in [-0.4, -0.2) is 30.1 Å². The minimum Gasteiger partial charge on any atom is -0.300 e. The van der Waals surface area contributed by atoms with Crippen molar-refractivity contribution in [1.82, 2.24) is 4.90 Å². The first-order valence-corrected chi connectivity index (χ1v) is 4.23. The number of hydrogen-bond donors (Lipinski definition) is 0. The molecule has 0 aromatic heterocycles. The van der Waals surface area contributed by atoms with Gasteiger partial charge in [0.15, 0.2) is 0 Å². The van der Waals surface area contributed by atoms with Crippen molar-refractivity contribution in [3.8, 4) is 0 Å². The molecule has 0 radical (unpaired) electrons. The topological polar surface area (TPSA) is 20.3 Å². The predicted octanol–water partition coefficient (Wildman–Crippen LogP) is 1.81. The number of rotatable bonds is 1. The molecule has 0 aliphatic carbocycles. The molecule has 1 aliphatic rings. The van der Waals surface area contributed by atoms with E-state index >= 15 is 0 Å². The lowest BCUT2D eigenvalue weighted by Gasteiger charge is -2.31. The first kappa shape index (κ1) is 10.5. The lowest BCUT2D eigenvalue weighted by atomic mass is 9.94. The van der Waals surface area contributed by atoms with Gasteiger partial charge in [-0.3, -0.25) is 4.79 Å². The largest absolute Gasteiger partial charge is 0.459 e. The Kier molecular flexibility index (Phi) is 2.95. The third kappa shape index (κ3) is 2.69. The highest BCUT2D eigenvalue weighted by Crippen LogP contribution is 2.27. The lowest BCUT2D eigenvalue weighted by Crippen LogP contribution is -2.44. The molecule has 13 heavy (non-hydrogen) atoms. The molecule has 0 N–H and O–H groups in total. The second-order valence-corrected chi connectivity index (χ2v) is 3.34. The van der Waals surface area contributed by atoms with Gasteiger partial charge in [-0.15, -0.1) is 0 Å².